The fraction of sp³-hybridized carbons (Fsp3) is 0.0952. The number of nitro groups is 2. The van der Waals surface area contributed by atoms with Gasteiger partial charge in [-0.1, -0.05) is 48.5 Å². The second kappa shape index (κ2) is 9.72. The van der Waals surface area contributed by atoms with E-state index < -0.39 is 44.3 Å². The lowest BCUT2D eigenvalue weighted by Gasteiger charge is -2.11. The summed E-state index contributed by atoms with van der Waals surface area (Å²) in [6.07, 6.45) is -0.459. The van der Waals surface area contributed by atoms with Crippen LogP contribution in [0.15, 0.2) is 77.7 Å². The summed E-state index contributed by atoms with van der Waals surface area (Å²) in [6, 6.07) is 19.0. The Labute approximate surface area is 179 Å². The number of nitrogens with zero attached hydrogens (tertiary/aromatic N) is 2. The number of anilines is 1. The molecule has 9 nitrogen and oxygen atoms in total. The third-order valence-corrected chi connectivity index (χ3v) is 5.81. The minimum atomic E-state index is -1.85. The first-order valence-electron chi connectivity index (χ1n) is 9.08. The molecular weight excluding hydrogens is 422 g/mol. The van der Waals surface area contributed by atoms with E-state index in [-0.39, 0.29) is 16.2 Å². The van der Waals surface area contributed by atoms with Gasteiger partial charge in [0.1, 0.15) is 0 Å². The van der Waals surface area contributed by atoms with Crippen molar-refractivity contribution < 1.29 is 18.9 Å². The molecule has 158 valence electrons. The third-order valence-electron chi connectivity index (χ3n) is 4.36. The van der Waals surface area contributed by atoms with Crippen LogP contribution in [-0.2, 0) is 27.8 Å². The molecule has 10 heteroatoms. The van der Waals surface area contributed by atoms with E-state index in [0.29, 0.717) is 11.3 Å². The highest BCUT2D eigenvalue weighted by Gasteiger charge is 2.28. The Balaban J connectivity index is 2.01. The van der Waals surface area contributed by atoms with Gasteiger partial charge in [-0.15, -0.1) is 0 Å². The molecule has 0 aromatic heterocycles. The van der Waals surface area contributed by atoms with Crippen molar-refractivity contribution in [2.24, 2.45) is 0 Å². The lowest BCUT2D eigenvalue weighted by atomic mass is 10.1. The molecule has 0 aliphatic heterocycles. The summed E-state index contributed by atoms with van der Waals surface area (Å²) in [4.78, 5) is 33.8. The predicted molar refractivity (Wildman–Crippen MR) is 115 cm³/mol. The number of nitrogens with one attached hydrogen (secondary N) is 1. The van der Waals surface area contributed by atoms with Crippen LogP contribution in [0.3, 0.4) is 0 Å². The molecule has 1 amide bonds. The van der Waals surface area contributed by atoms with Gasteiger partial charge in [-0.3, -0.25) is 29.2 Å². The number of carbonyl (C=O) groups excluding carboxylic acids is 1. The Morgan fingerprint density at radius 2 is 1.52 bits per heavy atom. The van der Waals surface area contributed by atoms with Crippen LogP contribution in [0, 0.1) is 20.2 Å². The van der Waals surface area contributed by atoms with Crippen molar-refractivity contribution in [2.75, 3.05) is 5.32 Å². The van der Waals surface area contributed by atoms with Crippen molar-refractivity contribution in [3.8, 4) is 0 Å². The molecule has 3 aromatic carbocycles. The Kier molecular flexibility index (Phi) is 6.83. The third kappa shape index (κ3) is 5.58. The Bertz CT molecular complexity index is 1150. The van der Waals surface area contributed by atoms with Crippen molar-refractivity contribution in [1.29, 1.82) is 0 Å². The van der Waals surface area contributed by atoms with Crippen LogP contribution in [0.4, 0.5) is 17.1 Å². The van der Waals surface area contributed by atoms with Crippen molar-refractivity contribution >= 4 is 33.8 Å². The zero-order chi connectivity index (χ0) is 22.4. The SMILES string of the molecule is O=C(Cc1c([N+](=O)[O-])cc([N+](=O)[O-])cc1[S@](=O)Cc1ccccc1)Nc1ccccc1. The lowest BCUT2D eigenvalue weighted by molar-refractivity contribution is -0.394. The number of non-ortho nitro benzene ring substituents is 1. The van der Waals surface area contributed by atoms with Gasteiger partial charge in [0.15, 0.2) is 0 Å². The highest BCUT2D eigenvalue weighted by atomic mass is 32.2. The largest absolute Gasteiger partial charge is 0.326 e. The fourth-order valence-corrected chi connectivity index (χ4v) is 4.31. The summed E-state index contributed by atoms with van der Waals surface area (Å²) < 4.78 is 13.1. The van der Waals surface area contributed by atoms with Gasteiger partial charge in [0.05, 0.1) is 49.3 Å². The van der Waals surface area contributed by atoms with Crippen LogP contribution in [0.25, 0.3) is 0 Å². The van der Waals surface area contributed by atoms with Gasteiger partial charge < -0.3 is 5.32 Å². The molecule has 0 aliphatic rings. The first kappa shape index (κ1) is 21.8. The summed E-state index contributed by atoms with van der Waals surface area (Å²) in [5.41, 5.74) is -0.110. The fourth-order valence-electron chi connectivity index (χ4n) is 2.96. The minimum absolute atomic E-state index is 0.00747. The zero-order valence-electron chi connectivity index (χ0n) is 16.1. The van der Waals surface area contributed by atoms with Crippen LogP contribution in [-0.4, -0.2) is 20.0 Å². The monoisotopic (exact) mass is 439 g/mol. The number of carbonyl (C=O) groups is 1. The van der Waals surface area contributed by atoms with E-state index in [0.717, 1.165) is 12.1 Å². The van der Waals surface area contributed by atoms with Crippen LogP contribution in [0.1, 0.15) is 11.1 Å². The molecule has 3 rings (SSSR count). The maximum Gasteiger partial charge on any atom is 0.281 e. The maximum atomic E-state index is 13.1. The van der Waals surface area contributed by atoms with Gasteiger partial charge in [-0.25, -0.2) is 0 Å². The smallest absolute Gasteiger partial charge is 0.281 e. The van der Waals surface area contributed by atoms with E-state index in [2.05, 4.69) is 5.32 Å². The second-order valence-corrected chi connectivity index (χ2v) is 7.94. The number of hydrogen-bond acceptors (Lipinski definition) is 6. The van der Waals surface area contributed by atoms with Crippen LogP contribution >= 0.6 is 0 Å². The van der Waals surface area contributed by atoms with Crippen molar-refractivity contribution in [3.05, 3.63) is 104 Å². The van der Waals surface area contributed by atoms with Crippen LogP contribution in [0.2, 0.25) is 0 Å². The van der Waals surface area contributed by atoms with Gasteiger partial charge >= 0.3 is 0 Å². The normalized spacial score (nSPS) is 11.5. The van der Waals surface area contributed by atoms with E-state index in [4.69, 9.17) is 0 Å². The Hall–Kier alpha value is -3.92. The molecule has 0 radical (unpaired) electrons. The van der Waals surface area contributed by atoms with Crippen molar-refractivity contribution in [1.82, 2.24) is 0 Å². The molecule has 0 heterocycles. The zero-order valence-corrected chi connectivity index (χ0v) is 16.9. The van der Waals surface area contributed by atoms with Gasteiger partial charge in [-0.05, 0) is 17.7 Å². The summed E-state index contributed by atoms with van der Waals surface area (Å²) in [5, 5.41) is 25.5. The molecular formula is C21H17N3O6S. The number of rotatable bonds is 8. The van der Waals surface area contributed by atoms with Gasteiger partial charge in [-0.2, -0.15) is 0 Å². The Morgan fingerprint density at radius 1 is 0.903 bits per heavy atom. The standard InChI is InChI=1S/C21H17N3O6S/c25-21(22-16-9-5-2-6-10-16)13-18-19(24(28)29)11-17(23(26)27)12-20(18)31(30)14-15-7-3-1-4-8-15/h1-12H,13-14H2,(H,22,25)/t31-/m1/s1. The van der Waals surface area contributed by atoms with E-state index >= 15 is 0 Å². The maximum absolute atomic E-state index is 13.1. The van der Waals surface area contributed by atoms with E-state index in [1.807, 2.05) is 0 Å². The Morgan fingerprint density at radius 3 is 2.10 bits per heavy atom. The molecule has 0 saturated carbocycles. The number of nitro benzene ring substituents is 2. The highest BCUT2D eigenvalue weighted by molar-refractivity contribution is 7.84. The van der Waals surface area contributed by atoms with Crippen LogP contribution < -0.4 is 5.32 Å². The van der Waals surface area contributed by atoms with Crippen molar-refractivity contribution in [3.63, 3.8) is 0 Å². The second-order valence-electron chi connectivity index (χ2n) is 6.52. The number of amides is 1. The molecule has 0 fully saturated rings. The van der Waals surface area contributed by atoms with Gasteiger partial charge in [0, 0.05) is 11.8 Å². The van der Waals surface area contributed by atoms with E-state index in [1.165, 1.54) is 0 Å². The van der Waals surface area contributed by atoms with E-state index in [1.54, 1.807) is 60.7 Å². The lowest BCUT2D eigenvalue weighted by Crippen LogP contribution is -2.17. The molecule has 0 unspecified atom stereocenters. The summed E-state index contributed by atoms with van der Waals surface area (Å²) in [5.74, 6) is -0.576. The molecule has 0 bridgehead atoms. The van der Waals surface area contributed by atoms with E-state index in [9.17, 15) is 29.2 Å². The molecule has 0 spiro atoms. The summed E-state index contributed by atoms with van der Waals surface area (Å²) >= 11 is 0. The molecule has 3 aromatic rings. The minimum Gasteiger partial charge on any atom is -0.326 e. The first-order valence-corrected chi connectivity index (χ1v) is 10.4. The number of hydrogen-bond donors (Lipinski definition) is 1. The molecule has 1 N–H and O–H groups in total. The molecule has 31 heavy (non-hydrogen) atoms. The average molecular weight is 439 g/mol. The summed E-state index contributed by atoms with van der Waals surface area (Å²) in [6.45, 7) is 0. The number of benzene rings is 3. The number of para-hydroxylation sites is 1. The predicted octanol–water partition coefficient (Wildman–Crippen LogP) is 3.99. The average Bonchev–Trinajstić information content (AvgIpc) is 2.74. The quantitative estimate of drug-likeness (QED) is 0.417. The first-order chi connectivity index (χ1) is 14.8. The van der Waals surface area contributed by atoms with Gasteiger partial charge in [0.2, 0.25) is 5.91 Å². The van der Waals surface area contributed by atoms with Gasteiger partial charge in [0.25, 0.3) is 11.4 Å². The molecule has 1 atom stereocenters. The summed E-state index contributed by atoms with van der Waals surface area (Å²) in [7, 11) is -1.85. The molecule has 0 saturated heterocycles. The molecule has 0 aliphatic carbocycles. The highest BCUT2D eigenvalue weighted by Crippen LogP contribution is 2.32. The van der Waals surface area contributed by atoms with Crippen LogP contribution in [0.5, 0.6) is 0 Å². The topological polar surface area (TPSA) is 132 Å². The van der Waals surface area contributed by atoms with Crippen molar-refractivity contribution in [2.45, 2.75) is 17.1 Å².